The van der Waals surface area contributed by atoms with Crippen LogP contribution < -0.4 is 5.32 Å². The molecular weight excluding hydrogens is 384 g/mol. The van der Waals surface area contributed by atoms with E-state index in [1.54, 1.807) is 11.3 Å². The van der Waals surface area contributed by atoms with E-state index >= 15 is 0 Å². The summed E-state index contributed by atoms with van der Waals surface area (Å²) >= 11 is 1.54. The van der Waals surface area contributed by atoms with Gasteiger partial charge in [-0.2, -0.15) is 4.31 Å². The van der Waals surface area contributed by atoms with Crippen LogP contribution in [-0.2, 0) is 21.4 Å². The van der Waals surface area contributed by atoms with Gasteiger partial charge in [-0.15, -0.1) is 11.3 Å². The second-order valence-electron chi connectivity index (χ2n) is 6.51. The van der Waals surface area contributed by atoms with Gasteiger partial charge in [0.15, 0.2) is 5.78 Å². The molecule has 0 aliphatic carbocycles. The number of hydrogen-bond acceptors (Lipinski definition) is 5. The van der Waals surface area contributed by atoms with E-state index in [0.29, 0.717) is 25.1 Å². The molecule has 1 aliphatic heterocycles. The van der Waals surface area contributed by atoms with Crippen molar-refractivity contribution in [3.63, 3.8) is 0 Å². The third-order valence-electron chi connectivity index (χ3n) is 4.64. The van der Waals surface area contributed by atoms with E-state index in [-0.39, 0.29) is 16.6 Å². The molecule has 1 amide bonds. The third kappa shape index (κ3) is 4.45. The van der Waals surface area contributed by atoms with Crippen molar-refractivity contribution in [3.8, 4) is 0 Å². The largest absolute Gasteiger partial charge is 0.350 e. The van der Waals surface area contributed by atoms with Gasteiger partial charge < -0.3 is 5.32 Å². The Labute approximate surface area is 163 Å². The van der Waals surface area contributed by atoms with E-state index in [1.165, 1.54) is 35.5 Å². The van der Waals surface area contributed by atoms with Crippen molar-refractivity contribution in [2.24, 2.45) is 0 Å². The quantitative estimate of drug-likeness (QED) is 0.748. The van der Waals surface area contributed by atoms with Gasteiger partial charge in [0.05, 0.1) is 11.4 Å². The van der Waals surface area contributed by atoms with E-state index in [2.05, 4.69) is 5.32 Å². The van der Waals surface area contributed by atoms with Crippen molar-refractivity contribution >= 4 is 33.1 Å². The lowest BCUT2D eigenvalue weighted by Crippen LogP contribution is -2.51. The standard InChI is InChI=1S/C19H22N2O4S2/c1-14(22)15-7-9-17(10-8-15)27(24,25)21-11-3-2-6-18(21)19(23)20-13-16-5-4-12-26-16/h4-5,7-10,12,18H,2-3,6,11,13H2,1H3,(H,20,23). The minimum atomic E-state index is -3.81. The van der Waals surface area contributed by atoms with Crippen LogP contribution >= 0.6 is 11.3 Å². The summed E-state index contributed by atoms with van der Waals surface area (Å²) in [7, 11) is -3.81. The first-order valence-electron chi connectivity index (χ1n) is 8.82. The fourth-order valence-corrected chi connectivity index (χ4v) is 5.46. The van der Waals surface area contributed by atoms with Gasteiger partial charge in [0, 0.05) is 17.0 Å². The Balaban J connectivity index is 1.78. The highest BCUT2D eigenvalue weighted by molar-refractivity contribution is 7.89. The second kappa shape index (κ2) is 8.33. The van der Waals surface area contributed by atoms with Gasteiger partial charge in [0.1, 0.15) is 6.04 Å². The summed E-state index contributed by atoms with van der Waals surface area (Å²) in [6.07, 6.45) is 2.03. The molecule has 0 bridgehead atoms. The number of hydrogen-bond donors (Lipinski definition) is 1. The second-order valence-corrected chi connectivity index (χ2v) is 9.43. The molecule has 27 heavy (non-hydrogen) atoms. The lowest BCUT2D eigenvalue weighted by Gasteiger charge is -2.33. The van der Waals surface area contributed by atoms with Crippen molar-refractivity contribution in [2.45, 2.75) is 43.7 Å². The first-order chi connectivity index (χ1) is 12.9. The number of amides is 1. The molecule has 0 radical (unpaired) electrons. The number of sulfonamides is 1. The Morgan fingerprint density at radius 2 is 1.93 bits per heavy atom. The number of thiophene rings is 1. The van der Waals surface area contributed by atoms with Gasteiger partial charge in [-0.3, -0.25) is 9.59 Å². The highest BCUT2D eigenvalue weighted by Crippen LogP contribution is 2.26. The number of Topliss-reactive ketones (excluding diaryl/α,β-unsaturated/α-hetero) is 1. The maximum absolute atomic E-state index is 13.1. The highest BCUT2D eigenvalue weighted by Gasteiger charge is 2.37. The lowest BCUT2D eigenvalue weighted by atomic mass is 10.0. The molecule has 1 atom stereocenters. The molecule has 8 heteroatoms. The first-order valence-corrected chi connectivity index (χ1v) is 11.1. The normalized spacial score (nSPS) is 18.2. The number of carbonyl (C=O) groups excluding carboxylic acids is 2. The number of rotatable bonds is 6. The molecule has 6 nitrogen and oxygen atoms in total. The van der Waals surface area contributed by atoms with Gasteiger partial charge in [-0.1, -0.05) is 24.6 Å². The molecule has 0 saturated carbocycles. The minimum absolute atomic E-state index is 0.102. The van der Waals surface area contributed by atoms with Crippen LogP contribution in [0.1, 0.15) is 41.4 Å². The maximum Gasteiger partial charge on any atom is 0.243 e. The summed E-state index contributed by atoms with van der Waals surface area (Å²) < 4.78 is 27.5. The van der Waals surface area contributed by atoms with Crippen molar-refractivity contribution in [2.75, 3.05) is 6.54 Å². The van der Waals surface area contributed by atoms with Crippen molar-refractivity contribution in [1.29, 1.82) is 0 Å². The van der Waals surface area contributed by atoms with Gasteiger partial charge in [-0.05, 0) is 43.3 Å². The average molecular weight is 407 g/mol. The zero-order chi connectivity index (χ0) is 19.4. The predicted molar refractivity (Wildman–Crippen MR) is 104 cm³/mol. The number of piperidine rings is 1. The Bertz CT molecular complexity index is 906. The number of carbonyl (C=O) groups is 2. The van der Waals surface area contributed by atoms with Crippen LogP contribution in [0.25, 0.3) is 0 Å². The SMILES string of the molecule is CC(=O)c1ccc(S(=O)(=O)N2CCCCC2C(=O)NCc2cccs2)cc1. The molecule has 2 heterocycles. The number of nitrogens with one attached hydrogen (secondary N) is 1. The summed E-state index contributed by atoms with van der Waals surface area (Å²) in [6, 6.07) is 9.00. The topological polar surface area (TPSA) is 83.6 Å². The van der Waals surface area contributed by atoms with Gasteiger partial charge in [0.25, 0.3) is 0 Å². The van der Waals surface area contributed by atoms with Crippen LogP contribution in [0, 0.1) is 0 Å². The smallest absolute Gasteiger partial charge is 0.243 e. The van der Waals surface area contributed by atoms with Crippen molar-refractivity contribution in [3.05, 3.63) is 52.2 Å². The summed E-state index contributed by atoms with van der Waals surface area (Å²) in [5.41, 5.74) is 0.456. The maximum atomic E-state index is 13.1. The summed E-state index contributed by atoms with van der Waals surface area (Å²) in [5, 5.41) is 4.79. The first kappa shape index (κ1) is 19.7. The molecule has 1 aliphatic rings. The van der Waals surface area contributed by atoms with Crippen LogP contribution in [0.2, 0.25) is 0 Å². The fourth-order valence-electron chi connectivity index (χ4n) is 3.16. The molecule has 1 aromatic heterocycles. The van der Waals surface area contributed by atoms with E-state index in [0.717, 1.165) is 17.7 Å². The van der Waals surface area contributed by atoms with Crippen molar-refractivity contribution < 1.29 is 18.0 Å². The number of ketones is 1. The van der Waals surface area contributed by atoms with Crippen LogP contribution in [0.15, 0.2) is 46.7 Å². The fraction of sp³-hybridized carbons (Fsp3) is 0.368. The van der Waals surface area contributed by atoms with E-state index in [4.69, 9.17) is 0 Å². The number of benzene rings is 1. The van der Waals surface area contributed by atoms with Crippen LogP contribution in [0.3, 0.4) is 0 Å². The zero-order valence-corrected chi connectivity index (χ0v) is 16.7. The molecule has 1 fully saturated rings. The van der Waals surface area contributed by atoms with E-state index < -0.39 is 16.1 Å². The molecule has 144 valence electrons. The summed E-state index contributed by atoms with van der Waals surface area (Å²) in [5.74, 6) is -0.394. The molecule has 1 N–H and O–H groups in total. The monoisotopic (exact) mass is 406 g/mol. The number of nitrogens with zero attached hydrogens (tertiary/aromatic N) is 1. The minimum Gasteiger partial charge on any atom is -0.350 e. The lowest BCUT2D eigenvalue weighted by molar-refractivity contribution is -0.125. The average Bonchev–Trinajstić information content (AvgIpc) is 3.20. The van der Waals surface area contributed by atoms with E-state index in [1.807, 2.05) is 17.5 Å². The Hall–Kier alpha value is -2.03. The molecule has 3 rings (SSSR count). The Kier molecular flexibility index (Phi) is 6.08. The Morgan fingerprint density at radius 1 is 1.19 bits per heavy atom. The van der Waals surface area contributed by atoms with E-state index in [9.17, 15) is 18.0 Å². The van der Waals surface area contributed by atoms with Crippen LogP contribution in [0.5, 0.6) is 0 Å². The molecule has 2 aromatic rings. The summed E-state index contributed by atoms with van der Waals surface area (Å²) in [6.45, 7) is 2.14. The molecule has 1 unspecified atom stereocenters. The molecular formula is C19H22N2O4S2. The summed E-state index contributed by atoms with van der Waals surface area (Å²) in [4.78, 5) is 25.2. The van der Waals surface area contributed by atoms with Crippen LogP contribution in [-0.4, -0.2) is 37.0 Å². The van der Waals surface area contributed by atoms with Crippen LogP contribution in [0.4, 0.5) is 0 Å². The molecule has 1 saturated heterocycles. The van der Waals surface area contributed by atoms with Crippen molar-refractivity contribution in [1.82, 2.24) is 9.62 Å². The Morgan fingerprint density at radius 3 is 2.56 bits per heavy atom. The third-order valence-corrected chi connectivity index (χ3v) is 7.44. The molecule has 1 aromatic carbocycles. The zero-order valence-electron chi connectivity index (χ0n) is 15.1. The van der Waals surface area contributed by atoms with Gasteiger partial charge >= 0.3 is 0 Å². The predicted octanol–water partition coefficient (Wildman–Crippen LogP) is 2.81. The molecule has 0 spiro atoms. The highest BCUT2D eigenvalue weighted by atomic mass is 32.2. The van der Waals surface area contributed by atoms with Gasteiger partial charge in [-0.25, -0.2) is 8.42 Å². The van der Waals surface area contributed by atoms with Gasteiger partial charge in [0.2, 0.25) is 15.9 Å².